The third-order valence-electron chi connectivity index (χ3n) is 2.14. The quantitative estimate of drug-likeness (QED) is 0.726. The van der Waals surface area contributed by atoms with Crippen molar-refractivity contribution in [1.82, 2.24) is 0 Å². The topological polar surface area (TPSA) is 9.23 Å². The van der Waals surface area contributed by atoms with E-state index in [9.17, 15) is 13.2 Å². The summed E-state index contributed by atoms with van der Waals surface area (Å²) in [5, 5.41) is 0. The van der Waals surface area contributed by atoms with Crippen molar-refractivity contribution in [1.29, 1.82) is 0 Å². The molecule has 0 unspecified atom stereocenters. The van der Waals surface area contributed by atoms with Gasteiger partial charge in [-0.25, -0.2) is 0 Å². The number of halogens is 3. The van der Waals surface area contributed by atoms with Gasteiger partial charge < -0.3 is 4.74 Å². The van der Waals surface area contributed by atoms with E-state index in [2.05, 4.69) is 4.74 Å². The lowest BCUT2D eigenvalue weighted by molar-refractivity contribution is -0.274. The summed E-state index contributed by atoms with van der Waals surface area (Å²) >= 11 is 0. The largest absolute Gasteiger partial charge is 0.573 e. The van der Waals surface area contributed by atoms with E-state index in [0.29, 0.717) is 5.92 Å². The number of benzene rings is 1. The van der Waals surface area contributed by atoms with E-state index in [1.165, 1.54) is 12.1 Å². The minimum atomic E-state index is -4.60. The number of rotatable bonds is 2. The maximum absolute atomic E-state index is 11.9. The summed E-state index contributed by atoms with van der Waals surface area (Å²) < 4.78 is 39.4. The Labute approximate surface area is 86.9 Å². The molecule has 0 bridgehead atoms. The first-order valence-electron chi connectivity index (χ1n) is 4.40. The van der Waals surface area contributed by atoms with Crippen LogP contribution < -0.4 is 4.74 Å². The molecule has 0 spiro atoms. The summed E-state index contributed by atoms with van der Waals surface area (Å²) in [5.74, 6) is 0.314. The van der Waals surface area contributed by atoms with Gasteiger partial charge in [-0.05, 0) is 36.5 Å². The zero-order chi connectivity index (χ0) is 10.2. The smallest absolute Gasteiger partial charge is 0.406 e. The normalized spacial score (nSPS) is 15.7. The lowest BCUT2D eigenvalue weighted by atomic mass is 10.1. The summed E-state index contributed by atoms with van der Waals surface area (Å²) in [4.78, 5) is 0. The molecule has 0 amide bonds. The maximum atomic E-state index is 11.9. The molecule has 1 aromatic rings. The van der Waals surface area contributed by atoms with Gasteiger partial charge in [-0.2, -0.15) is 0 Å². The van der Waals surface area contributed by atoms with E-state index in [0.717, 1.165) is 18.4 Å². The molecular formula is C11H13F3O. The highest BCUT2D eigenvalue weighted by Gasteiger charge is 2.31. The van der Waals surface area contributed by atoms with Crippen molar-refractivity contribution in [2.24, 2.45) is 0 Å². The minimum absolute atomic E-state index is 0. The van der Waals surface area contributed by atoms with Gasteiger partial charge in [-0.15, -0.1) is 13.2 Å². The van der Waals surface area contributed by atoms with Crippen LogP contribution in [0.2, 0.25) is 0 Å². The number of ether oxygens (including phenoxy) is 1. The van der Waals surface area contributed by atoms with Crippen LogP contribution in [0.3, 0.4) is 0 Å². The van der Waals surface area contributed by atoms with E-state index in [1.54, 1.807) is 6.07 Å². The molecule has 84 valence electrons. The number of alkyl halides is 3. The average Bonchev–Trinajstić information content (AvgIpc) is 2.83. The third-order valence-corrected chi connectivity index (χ3v) is 2.14. The predicted octanol–water partition coefficient (Wildman–Crippen LogP) is 4.10. The van der Waals surface area contributed by atoms with Gasteiger partial charge in [-0.3, -0.25) is 0 Å². The van der Waals surface area contributed by atoms with Crippen molar-refractivity contribution >= 4 is 0 Å². The SMILES string of the molecule is C.FC(F)(F)Oc1cccc(C2CC2)c1. The molecule has 1 nitrogen and oxygen atoms in total. The van der Waals surface area contributed by atoms with Gasteiger partial charge >= 0.3 is 6.36 Å². The Balaban J connectivity index is 0.00000112. The third kappa shape index (κ3) is 3.46. The van der Waals surface area contributed by atoms with Crippen LogP contribution in [0.1, 0.15) is 31.7 Å². The van der Waals surface area contributed by atoms with Crippen molar-refractivity contribution in [2.75, 3.05) is 0 Å². The molecule has 0 radical (unpaired) electrons. The first kappa shape index (κ1) is 11.9. The molecule has 1 aromatic carbocycles. The maximum Gasteiger partial charge on any atom is 0.573 e. The average molecular weight is 218 g/mol. The Morgan fingerprint density at radius 1 is 1.20 bits per heavy atom. The zero-order valence-electron chi connectivity index (χ0n) is 7.34. The predicted molar refractivity (Wildman–Crippen MR) is 51.8 cm³/mol. The Hall–Kier alpha value is -1.19. The zero-order valence-corrected chi connectivity index (χ0v) is 7.34. The molecule has 1 aliphatic carbocycles. The van der Waals surface area contributed by atoms with E-state index < -0.39 is 6.36 Å². The first-order valence-corrected chi connectivity index (χ1v) is 4.40. The molecule has 0 aliphatic heterocycles. The summed E-state index contributed by atoms with van der Waals surface area (Å²) in [6, 6.07) is 6.21. The van der Waals surface area contributed by atoms with Crippen LogP contribution in [-0.4, -0.2) is 6.36 Å². The van der Waals surface area contributed by atoms with Crippen molar-refractivity contribution in [3.63, 3.8) is 0 Å². The van der Waals surface area contributed by atoms with Crippen molar-refractivity contribution in [2.45, 2.75) is 32.5 Å². The monoisotopic (exact) mass is 218 g/mol. The second-order valence-electron chi connectivity index (χ2n) is 3.39. The molecule has 1 aliphatic rings. The van der Waals surface area contributed by atoms with Crippen molar-refractivity contribution < 1.29 is 17.9 Å². The number of hydrogen-bond donors (Lipinski definition) is 0. The molecule has 0 atom stereocenters. The fourth-order valence-corrected chi connectivity index (χ4v) is 1.38. The van der Waals surface area contributed by atoms with Gasteiger partial charge in [0, 0.05) is 0 Å². The molecule has 0 saturated heterocycles. The molecule has 1 saturated carbocycles. The number of hydrogen-bond acceptors (Lipinski definition) is 1. The summed E-state index contributed by atoms with van der Waals surface area (Å²) in [5.41, 5.74) is 0.937. The van der Waals surface area contributed by atoms with Crippen LogP contribution in [0.4, 0.5) is 13.2 Å². The van der Waals surface area contributed by atoms with Crippen LogP contribution >= 0.6 is 0 Å². The van der Waals surface area contributed by atoms with Crippen LogP contribution in [0.25, 0.3) is 0 Å². The van der Waals surface area contributed by atoms with E-state index in [1.807, 2.05) is 6.07 Å². The molecule has 0 heterocycles. The van der Waals surface area contributed by atoms with Crippen LogP contribution in [-0.2, 0) is 0 Å². The van der Waals surface area contributed by atoms with Gasteiger partial charge in [0.15, 0.2) is 0 Å². The lowest BCUT2D eigenvalue weighted by Gasteiger charge is -2.09. The molecular weight excluding hydrogens is 205 g/mol. The molecule has 0 aromatic heterocycles. The lowest BCUT2D eigenvalue weighted by Crippen LogP contribution is -2.17. The standard InChI is InChI=1S/C10H9F3O.CH4/c11-10(12,13)14-9-3-1-2-8(6-9)7-4-5-7;/h1-3,6-7H,4-5H2;1H4. The fourth-order valence-electron chi connectivity index (χ4n) is 1.38. The fraction of sp³-hybridized carbons (Fsp3) is 0.455. The van der Waals surface area contributed by atoms with Crippen molar-refractivity contribution in [3.05, 3.63) is 29.8 Å². The van der Waals surface area contributed by atoms with Gasteiger partial charge in [0.1, 0.15) is 5.75 Å². The van der Waals surface area contributed by atoms with Crippen LogP contribution in [0, 0.1) is 0 Å². The highest BCUT2D eigenvalue weighted by Crippen LogP contribution is 2.41. The Kier molecular flexibility index (Phi) is 3.27. The van der Waals surface area contributed by atoms with Crippen LogP contribution in [0.15, 0.2) is 24.3 Å². The Morgan fingerprint density at radius 2 is 1.87 bits per heavy atom. The highest BCUT2D eigenvalue weighted by molar-refractivity contribution is 5.32. The molecule has 2 rings (SSSR count). The van der Waals surface area contributed by atoms with Crippen LogP contribution in [0.5, 0.6) is 5.75 Å². The van der Waals surface area contributed by atoms with Crippen molar-refractivity contribution in [3.8, 4) is 5.75 Å². The molecule has 15 heavy (non-hydrogen) atoms. The second-order valence-corrected chi connectivity index (χ2v) is 3.39. The molecule has 0 N–H and O–H groups in total. The second kappa shape index (κ2) is 4.13. The van der Waals surface area contributed by atoms with E-state index in [4.69, 9.17) is 0 Å². The minimum Gasteiger partial charge on any atom is -0.406 e. The Bertz CT molecular complexity index is 329. The summed E-state index contributed by atoms with van der Waals surface area (Å²) in [7, 11) is 0. The van der Waals surface area contributed by atoms with Gasteiger partial charge in [0.05, 0.1) is 0 Å². The van der Waals surface area contributed by atoms with E-state index >= 15 is 0 Å². The molecule has 4 heteroatoms. The molecule has 1 fully saturated rings. The van der Waals surface area contributed by atoms with E-state index in [-0.39, 0.29) is 13.2 Å². The Morgan fingerprint density at radius 3 is 2.40 bits per heavy atom. The van der Waals surface area contributed by atoms with Gasteiger partial charge in [0.25, 0.3) is 0 Å². The first-order chi connectivity index (χ1) is 6.54. The summed E-state index contributed by atoms with van der Waals surface area (Å²) in [6.45, 7) is 0. The summed E-state index contributed by atoms with van der Waals surface area (Å²) in [6.07, 6.45) is -2.47. The highest BCUT2D eigenvalue weighted by atomic mass is 19.4. The van der Waals surface area contributed by atoms with Gasteiger partial charge in [0.2, 0.25) is 0 Å². The van der Waals surface area contributed by atoms with Gasteiger partial charge in [-0.1, -0.05) is 19.6 Å².